The summed E-state index contributed by atoms with van der Waals surface area (Å²) in [6.07, 6.45) is -8.60. The Morgan fingerprint density at radius 3 is 2.14 bits per heavy atom. The van der Waals surface area contributed by atoms with Crippen molar-refractivity contribution in [2.75, 3.05) is 11.9 Å². The van der Waals surface area contributed by atoms with E-state index in [1.165, 1.54) is 41.8 Å². The predicted molar refractivity (Wildman–Crippen MR) is 150 cm³/mol. The number of rotatable bonds is 7. The Morgan fingerprint density at radius 2 is 1.60 bits per heavy atom. The van der Waals surface area contributed by atoms with Gasteiger partial charge in [-0.15, -0.1) is 11.3 Å². The number of carbonyl (C=O) groups excluding carboxylic acids is 2. The lowest BCUT2D eigenvalue weighted by Gasteiger charge is -2.19. The second-order valence-corrected chi connectivity index (χ2v) is 11.4. The standard InChI is InChI=1S/C26H17F6N3O4S3/c27-25(28,29)15-5-13(6-16(8-15)26(30,31)32)14-7-18(41-11-14)9-20-22(37)35(24(40)42-20)10-19(33)21(36)34-17-3-1-12(2-4-17)23(38)39/h1-9,11,19H,10,33H2,(H,34,36)(H,38,39)/b20-9-/t19-/m0/s1. The highest BCUT2D eigenvalue weighted by molar-refractivity contribution is 8.26. The average molecular weight is 646 g/mol. The maximum Gasteiger partial charge on any atom is 0.416 e. The Labute approximate surface area is 247 Å². The maximum absolute atomic E-state index is 13.2. The van der Waals surface area contributed by atoms with E-state index in [4.69, 9.17) is 23.1 Å². The third-order valence-electron chi connectivity index (χ3n) is 5.80. The highest BCUT2D eigenvalue weighted by Crippen LogP contribution is 2.40. The molecule has 2 heterocycles. The number of thiophene rings is 1. The number of nitrogens with two attached hydrogens (primary N) is 1. The third-order valence-corrected chi connectivity index (χ3v) is 8.06. The van der Waals surface area contributed by atoms with E-state index in [1.807, 2.05) is 0 Å². The van der Waals surface area contributed by atoms with Crippen LogP contribution in [0.5, 0.6) is 0 Å². The lowest BCUT2D eigenvalue weighted by Crippen LogP contribution is -2.46. The molecule has 0 spiro atoms. The van der Waals surface area contributed by atoms with Crippen molar-refractivity contribution in [3.8, 4) is 11.1 Å². The summed E-state index contributed by atoms with van der Waals surface area (Å²) in [4.78, 5) is 38.0. The van der Waals surface area contributed by atoms with Gasteiger partial charge in [-0.3, -0.25) is 14.5 Å². The topological polar surface area (TPSA) is 113 Å². The summed E-state index contributed by atoms with van der Waals surface area (Å²) in [6, 6.07) is 6.72. The van der Waals surface area contributed by atoms with Crippen LogP contribution in [0.2, 0.25) is 0 Å². The Kier molecular flexibility index (Phi) is 8.82. The number of aromatic carboxylic acids is 1. The Balaban J connectivity index is 1.48. The molecule has 2 aromatic carbocycles. The molecule has 42 heavy (non-hydrogen) atoms. The molecule has 220 valence electrons. The summed E-state index contributed by atoms with van der Waals surface area (Å²) in [6.45, 7) is -0.290. The first-order chi connectivity index (χ1) is 19.5. The lowest BCUT2D eigenvalue weighted by atomic mass is 10.0. The van der Waals surface area contributed by atoms with Crippen molar-refractivity contribution in [1.82, 2.24) is 4.90 Å². The largest absolute Gasteiger partial charge is 0.478 e. The molecule has 4 N–H and O–H groups in total. The number of alkyl halides is 6. The number of hydrogen-bond donors (Lipinski definition) is 3. The minimum Gasteiger partial charge on any atom is -0.478 e. The molecule has 0 radical (unpaired) electrons. The van der Waals surface area contributed by atoms with Crippen LogP contribution >= 0.6 is 35.3 Å². The molecule has 1 atom stereocenters. The SMILES string of the molecule is N[C@@H](CN1C(=O)/C(=C/c2cc(-c3cc(C(F)(F)F)cc(C(F)(F)F)c3)cs2)SC1=S)C(=O)Nc1ccc(C(=O)O)cc1. The number of anilines is 1. The van der Waals surface area contributed by atoms with Gasteiger partial charge in [0.05, 0.1) is 28.1 Å². The van der Waals surface area contributed by atoms with Gasteiger partial charge in [-0.1, -0.05) is 24.0 Å². The van der Waals surface area contributed by atoms with Crippen LogP contribution in [0.1, 0.15) is 26.4 Å². The molecule has 1 aliphatic heterocycles. The van der Waals surface area contributed by atoms with Gasteiger partial charge in [-0.05, 0) is 71.1 Å². The van der Waals surface area contributed by atoms with Crippen LogP contribution in [0.4, 0.5) is 32.0 Å². The van der Waals surface area contributed by atoms with E-state index < -0.39 is 47.3 Å². The molecule has 1 saturated heterocycles. The van der Waals surface area contributed by atoms with Gasteiger partial charge in [0.15, 0.2) is 0 Å². The van der Waals surface area contributed by atoms with E-state index in [1.54, 1.807) is 0 Å². The maximum atomic E-state index is 13.2. The van der Waals surface area contributed by atoms with Crippen LogP contribution in [0, 0.1) is 0 Å². The summed E-state index contributed by atoms with van der Waals surface area (Å²) in [5.41, 5.74) is 3.15. The molecule has 0 bridgehead atoms. The van der Waals surface area contributed by atoms with E-state index in [-0.39, 0.29) is 44.2 Å². The van der Waals surface area contributed by atoms with Crippen molar-refractivity contribution >= 4 is 69.2 Å². The van der Waals surface area contributed by atoms with Crippen LogP contribution in [0.3, 0.4) is 0 Å². The normalized spacial score (nSPS) is 15.8. The van der Waals surface area contributed by atoms with Gasteiger partial charge in [0.25, 0.3) is 5.91 Å². The number of thioether (sulfide) groups is 1. The highest BCUT2D eigenvalue weighted by atomic mass is 32.2. The molecule has 3 aromatic rings. The highest BCUT2D eigenvalue weighted by Gasteiger charge is 2.37. The van der Waals surface area contributed by atoms with Crippen molar-refractivity contribution in [2.24, 2.45) is 5.73 Å². The molecule has 16 heteroatoms. The minimum absolute atomic E-state index is 0.0143. The van der Waals surface area contributed by atoms with E-state index in [9.17, 15) is 40.7 Å². The zero-order chi connectivity index (χ0) is 31.0. The second-order valence-electron chi connectivity index (χ2n) is 8.80. The average Bonchev–Trinajstić information content (AvgIpc) is 3.48. The second kappa shape index (κ2) is 11.9. The van der Waals surface area contributed by atoms with Crippen molar-refractivity contribution in [3.63, 3.8) is 0 Å². The number of halogens is 6. The number of amides is 2. The first-order valence-electron chi connectivity index (χ1n) is 11.6. The van der Waals surface area contributed by atoms with Gasteiger partial charge >= 0.3 is 18.3 Å². The lowest BCUT2D eigenvalue weighted by molar-refractivity contribution is -0.143. The Bertz CT molecular complexity index is 1570. The number of carboxylic acids is 1. The fourth-order valence-electron chi connectivity index (χ4n) is 3.70. The zero-order valence-electron chi connectivity index (χ0n) is 20.7. The molecule has 0 aliphatic carbocycles. The fourth-order valence-corrected chi connectivity index (χ4v) is 5.89. The smallest absolute Gasteiger partial charge is 0.416 e. The summed E-state index contributed by atoms with van der Waals surface area (Å²) in [7, 11) is 0. The zero-order valence-corrected chi connectivity index (χ0v) is 23.2. The van der Waals surface area contributed by atoms with Gasteiger partial charge in [0.2, 0.25) is 5.91 Å². The van der Waals surface area contributed by atoms with E-state index >= 15 is 0 Å². The third kappa shape index (κ3) is 7.18. The molecule has 1 aromatic heterocycles. The summed E-state index contributed by atoms with van der Waals surface area (Å²) >= 11 is 7.12. The summed E-state index contributed by atoms with van der Waals surface area (Å²) in [5.74, 6) is -2.40. The summed E-state index contributed by atoms with van der Waals surface area (Å²) < 4.78 is 79.6. The molecule has 4 rings (SSSR count). The molecular formula is C26H17F6N3O4S3. The number of hydrogen-bond acceptors (Lipinski definition) is 7. The van der Waals surface area contributed by atoms with Crippen molar-refractivity contribution in [2.45, 2.75) is 18.4 Å². The van der Waals surface area contributed by atoms with Crippen LogP contribution < -0.4 is 11.1 Å². The number of thiocarbonyl (C=S) groups is 1. The van der Waals surface area contributed by atoms with Gasteiger partial charge in [-0.25, -0.2) is 4.79 Å². The predicted octanol–water partition coefficient (Wildman–Crippen LogP) is 6.32. The number of nitrogens with one attached hydrogen (secondary N) is 1. The van der Waals surface area contributed by atoms with Crippen LogP contribution in [0.15, 0.2) is 58.8 Å². The van der Waals surface area contributed by atoms with E-state index in [0.717, 1.165) is 28.0 Å². The minimum atomic E-state index is -4.99. The molecule has 2 amide bonds. The van der Waals surface area contributed by atoms with E-state index in [0.29, 0.717) is 17.0 Å². The van der Waals surface area contributed by atoms with Crippen LogP contribution in [-0.2, 0) is 21.9 Å². The van der Waals surface area contributed by atoms with Crippen LogP contribution in [-0.4, -0.2) is 44.7 Å². The van der Waals surface area contributed by atoms with Crippen molar-refractivity contribution in [3.05, 3.63) is 80.4 Å². The molecule has 7 nitrogen and oxygen atoms in total. The van der Waals surface area contributed by atoms with Gasteiger partial charge in [0.1, 0.15) is 10.4 Å². The molecular weight excluding hydrogens is 628 g/mol. The van der Waals surface area contributed by atoms with Gasteiger partial charge < -0.3 is 16.2 Å². The monoisotopic (exact) mass is 645 g/mol. The number of carbonyl (C=O) groups is 3. The van der Waals surface area contributed by atoms with Crippen LogP contribution in [0.25, 0.3) is 17.2 Å². The quantitative estimate of drug-likeness (QED) is 0.157. The van der Waals surface area contributed by atoms with E-state index in [2.05, 4.69) is 5.32 Å². The number of nitrogens with zero attached hydrogens (tertiary/aromatic N) is 1. The van der Waals surface area contributed by atoms with Gasteiger partial charge in [-0.2, -0.15) is 26.3 Å². The van der Waals surface area contributed by atoms with Crippen molar-refractivity contribution in [1.29, 1.82) is 0 Å². The first-order valence-corrected chi connectivity index (χ1v) is 13.7. The van der Waals surface area contributed by atoms with Gasteiger partial charge in [0, 0.05) is 10.6 Å². The first kappa shape index (κ1) is 31.2. The fraction of sp³-hybridized carbons (Fsp3) is 0.154. The number of benzene rings is 2. The Hall–Kier alpha value is -3.73. The molecule has 0 unspecified atom stereocenters. The summed E-state index contributed by atoms with van der Waals surface area (Å²) in [5, 5.41) is 12.8. The molecule has 1 fully saturated rings. The molecule has 1 aliphatic rings. The number of carboxylic acid groups (broad SMARTS) is 1. The molecule has 0 saturated carbocycles. The van der Waals surface area contributed by atoms with Crippen molar-refractivity contribution < 1.29 is 45.8 Å². The Morgan fingerprint density at radius 1 is 1.00 bits per heavy atom.